The molecule has 0 unspecified atom stereocenters. The average molecular weight is 381 g/mol. The number of methoxy groups -OCH3 is 1. The second kappa shape index (κ2) is 10.1. The van der Waals surface area contributed by atoms with E-state index >= 15 is 0 Å². The number of hydrogen-bond acceptors (Lipinski definition) is 6. The number of benzene rings is 2. The van der Waals surface area contributed by atoms with Crippen LogP contribution in [0.3, 0.4) is 0 Å². The number of unbranched alkanes of at least 4 members (excludes halogenated alkanes) is 2. The number of hydrogen-bond donors (Lipinski definition) is 1. The van der Waals surface area contributed by atoms with Crippen molar-refractivity contribution in [3.05, 3.63) is 58.7 Å². The van der Waals surface area contributed by atoms with E-state index < -0.39 is 11.8 Å². The highest BCUT2D eigenvalue weighted by molar-refractivity contribution is 6.15. The van der Waals surface area contributed by atoms with Crippen molar-refractivity contribution in [2.24, 2.45) is 0 Å². The maximum Gasteiger partial charge on any atom is 0.338 e. The third-order valence-corrected chi connectivity index (χ3v) is 4.32. The van der Waals surface area contributed by atoms with Gasteiger partial charge < -0.3 is 14.6 Å². The van der Waals surface area contributed by atoms with E-state index in [4.69, 9.17) is 14.7 Å². The molecule has 0 heterocycles. The first-order valence-electron chi connectivity index (χ1n) is 9.11. The number of phenolic OH excluding ortho intramolecular Hbond substituents is 1. The molecule has 0 radical (unpaired) electrons. The normalized spacial score (nSPS) is 10.2. The van der Waals surface area contributed by atoms with Crippen molar-refractivity contribution in [3.63, 3.8) is 0 Å². The zero-order valence-electron chi connectivity index (χ0n) is 16.0. The van der Waals surface area contributed by atoms with Gasteiger partial charge in [-0.3, -0.25) is 4.79 Å². The molecule has 0 aromatic heterocycles. The van der Waals surface area contributed by atoms with E-state index in [1.54, 1.807) is 18.2 Å². The Morgan fingerprint density at radius 3 is 2.46 bits per heavy atom. The molecule has 0 saturated heterocycles. The molecular weight excluding hydrogens is 358 g/mol. The lowest BCUT2D eigenvalue weighted by Crippen LogP contribution is -2.12. The Balaban J connectivity index is 2.31. The molecule has 0 aliphatic rings. The summed E-state index contributed by atoms with van der Waals surface area (Å²) in [5, 5.41) is 19.0. The Morgan fingerprint density at radius 1 is 1.11 bits per heavy atom. The summed E-state index contributed by atoms with van der Waals surface area (Å²) >= 11 is 0. The summed E-state index contributed by atoms with van der Waals surface area (Å²) in [7, 11) is 1.25. The quantitative estimate of drug-likeness (QED) is 0.400. The van der Waals surface area contributed by atoms with Crippen LogP contribution in [0.4, 0.5) is 0 Å². The first-order chi connectivity index (χ1) is 13.5. The standard InChI is InChI=1S/C22H23NO5/c1-3-15-13-18(19(24)14-20(15)28-12-8-4-7-11-23)21(25)16-9-5-6-10-17(16)22(26)27-2/h5-6,9-10,13-14,24H,3-4,7-8,12H2,1-2H3. The Kier molecular flexibility index (Phi) is 7.58. The zero-order valence-corrected chi connectivity index (χ0v) is 16.0. The summed E-state index contributed by atoms with van der Waals surface area (Å²) in [4.78, 5) is 24.9. The number of phenols is 1. The molecule has 2 rings (SSSR count). The van der Waals surface area contributed by atoms with Crippen molar-refractivity contribution >= 4 is 11.8 Å². The number of carbonyl (C=O) groups excluding carboxylic acids is 2. The minimum atomic E-state index is -0.614. The fourth-order valence-corrected chi connectivity index (χ4v) is 2.81. The van der Waals surface area contributed by atoms with Crippen molar-refractivity contribution in [1.82, 2.24) is 0 Å². The fraction of sp³-hybridized carbons (Fsp3) is 0.318. The highest BCUT2D eigenvalue weighted by Crippen LogP contribution is 2.31. The van der Waals surface area contributed by atoms with Crippen LogP contribution in [0.2, 0.25) is 0 Å². The second-order valence-corrected chi connectivity index (χ2v) is 6.16. The van der Waals surface area contributed by atoms with E-state index in [-0.39, 0.29) is 22.4 Å². The molecule has 0 aliphatic carbocycles. The number of rotatable bonds is 9. The molecule has 6 heteroatoms. The average Bonchev–Trinajstić information content (AvgIpc) is 2.72. The molecule has 0 atom stereocenters. The lowest BCUT2D eigenvalue weighted by Gasteiger charge is -2.14. The molecule has 0 amide bonds. The molecule has 0 fully saturated rings. The van der Waals surface area contributed by atoms with E-state index in [9.17, 15) is 14.7 Å². The van der Waals surface area contributed by atoms with Gasteiger partial charge in [0.25, 0.3) is 0 Å². The number of ketones is 1. The topological polar surface area (TPSA) is 96.6 Å². The van der Waals surface area contributed by atoms with Crippen LogP contribution in [0.5, 0.6) is 11.5 Å². The molecule has 146 valence electrons. The Morgan fingerprint density at radius 2 is 1.82 bits per heavy atom. The number of carbonyl (C=O) groups is 2. The van der Waals surface area contributed by atoms with Gasteiger partial charge in [0.15, 0.2) is 5.78 Å². The van der Waals surface area contributed by atoms with Crippen molar-refractivity contribution in [1.29, 1.82) is 5.26 Å². The van der Waals surface area contributed by atoms with Gasteiger partial charge in [0.05, 0.1) is 30.9 Å². The minimum absolute atomic E-state index is 0.102. The van der Waals surface area contributed by atoms with Crippen LogP contribution in [-0.2, 0) is 11.2 Å². The monoisotopic (exact) mass is 381 g/mol. The molecule has 28 heavy (non-hydrogen) atoms. The van der Waals surface area contributed by atoms with Gasteiger partial charge in [-0.1, -0.05) is 25.1 Å². The third kappa shape index (κ3) is 4.89. The van der Waals surface area contributed by atoms with Crippen molar-refractivity contribution in [2.75, 3.05) is 13.7 Å². The van der Waals surface area contributed by atoms with Crippen LogP contribution in [0.1, 0.15) is 58.0 Å². The Labute approximate surface area is 164 Å². The number of nitrogens with zero attached hydrogens (tertiary/aromatic N) is 1. The number of aromatic hydroxyl groups is 1. The molecule has 0 spiro atoms. The molecule has 2 aromatic carbocycles. The predicted octanol–water partition coefficient (Wildman–Crippen LogP) is 4.04. The van der Waals surface area contributed by atoms with E-state index in [0.29, 0.717) is 25.2 Å². The van der Waals surface area contributed by atoms with Crippen LogP contribution in [0.25, 0.3) is 0 Å². The SMILES string of the molecule is CCc1cc(C(=O)c2ccccc2C(=O)OC)c(O)cc1OCCCCC#N. The molecular formula is C22H23NO5. The van der Waals surface area contributed by atoms with E-state index in [1.165, 1.54) is 25.3 Å². The van der Waals surface area contributed by atoms with Crippen LogP contribution in [-0.4, -0.2) is 30.6 Å². The van der Waals surface area contributed by atoms with E-state index in [2.05, 4.69) is 6.07 Å². The fourth-order valence-electron chi connectivity index (χ4n) is 2.81. The Bertz CT molecular complexity index is 898. The zero-order chi connectivity index (χ0) is 20.5. The van der Waals surface area contributed by atoms with Crippen LogP contribution >= 0.6 is 0 Å². The molecule has 0 saturated carbocycles. The minimum Gasteiger partial charge on any atom is -0.507 e. The van der Waals surface area contributed by atoms with Gasteiger partial charge in [-0.2, -0.15) is 5.26 Å². The number of nitriles is 1. The first kappa shape index (κ1) is 21.0. The number of ether oxygens (including phenoxy) is 2. The maximum atomic E-state index is 13.0. The van der Waals surface area contributed by atoms with Gasteiger partial charge in [-0.05, 0) is 37.0 Å². The molecule has 0 bridgehead atoms. The molecule has 6 nitrogen and oxygen atoms in total. The summed E-state index contributed by atoms with van der Waals surface area (Å²) in [6.07, 6.45) is 2.55. The highest BCUT2D eigenvalue weighted by Gasteiger charge is 2.22. The maximum absolute atomic E-state index is 13.0. The van der Waals surface area contributed by atoms with Crippen molar-refractivity contribution in [3.8, 4) is 17.6 Å². The number of aryl methyl sites for hydroxylation is 1. The van der Waals surface area contributed by atoms with Gasteiger partial charge in [0, 0.05) is 18.1 Å². The smallest absolute Gasteiger partial charge is 0.338 e. The third-order valence-electron chi connectivity index (χ3n) is 4.32. The number of esters is 1. The summed E-state index contributed by atoms with van der Waals surface area (Å²) in [5.41, 5.74) is 1.18. The van der Waals surface area contributed by atoms with Crippen LogP contribution in [0, 0.1) is 11.3 Å². The first-order valence-corrected chi connectivity index (χ1v) is 9.11. The summed E-state index contributed by atoms with van der Waals surface area (Å²) in [5.74, 6) is -0.783. The summed E-state index contributed by atoms with van der Waals surface area (Å²) < 4.78 is 10.5. The van der Waals surface area contributed by atoms with E-state index in [0.717, 1.165) is 18.4 Å². The molecule has 0 aliphatic heterocycles. The van der Waals surface area contributed by atoms with Gasteiger partial charge in [0.2, 0.25) is 0 Å². The lowest BCUT2D eigenvalue weighted by molar-refractivity contribution is 0.0597. The summed E-state index contributed by atoms with van der Waals surface area (Å²) in [6.45, 7) is 2.35. The van der Waals surface area contributed by atoms with Crippen LogP contribution < -0.4 is 4.74 Å². The molecule has 1 N–H and O–H groups in total. The van der Waals surface area contributed by atoms with Gasteiger partial charge in [-0.15, -0.1) is 0 Å². The Hall–Kier alpha value is -3.33. The largest absolute Gasteiger partial charge is 0.507 e. The second-order valence-electron chi connectivity index (χ2n) is 6.16. The highest BCUT2D eigenvalue weighted by atomic mass is 16.5. The predicted molar refractivity (Wildman–Crippen MR) is 104 cm³/mol. The lowest BCUT2D eigenvalue weighted by atomic mass is 9.95. The van der Waals surface area contributed by atoms with Crippen molar-refractivity contribution in [2.45, 2.75) is 32.6 Å². The van der Waals surface area contributed by atoms with E-state index in [1.807, 2.05) is 6.92 Å². The van der Waals surface area contributed by atoms with Gasteiger partial charge in [-0.25, -0.2) is 4.79 Å². The summed E-state index contributed by atoms with van der Waals surface area (Å²) in [6, 6.07) is 11.4. The van der Waals surface area contributed by atoms with Crippen molar-refractivity contribution < 1.29 is 24.2 Å². The van der Waals surface area contributed by atoms with Gasteiger partial charge in [0.1, 0.15) is 11.5 Å². The van der Waals surface area contributed by atoms with Gasteiger partial charge >= 0.3 is 5.97 Å². The van der Waals surface area contributed by atoms with Crippen LogP contribution in [0.15, 0.2) is 36.4 Å². The molecule has 2 aromatic rings.